The fourth-order valence-corrected chi connectivity index (χ4v) is 3.69. The predicted molar refractivity (Wildman–Crippen MR) is 127 cm³/mol. The third kappa shape index (κ3) is 5.55. The van der Waals surface area contributed by atoms with Gasteiger partial charge in [-0.05, 0) is 49.2 Å². The van der Waals surface area contributed by atoms with E-state index in [2.05, 4.69) is 20.3 Å². The van der Waals surface area contributed by atoms with E-state index < -0.39 is 0 Å². The summed E-state index contributed by atoms with van der Waals surface area (Å²) in [5.74, 6) is -0.453. The number of hydrogen-bond donors (Lipinski definition) is 1. The number of nitrogens with zero attached hydrogens (tertiary/aromatic N) is 4. The maximum absolute atomic E-state index is 13.1. The summed E-state index contributed by atoms with van der Waals surface area (Å²) in [7, 11) is 0. The number of hydrazine groups is 1. The monoisotopic (exact) mass is 471 g/mol. The first-order valence-corrected chi connectivity index (χ1v) is 10.5. The minimum atomic E-state index is -0.363. The van der Waals surface area contributed by atoms with Crippen molar-refractivity contribution in [2.75, 3.05) is 23.0 Å². The molecule has 166 valence electrons. The lowest BCUT2D eigenvalue weighted by Crippen LogP contribution is -2.51. The van der Waals surface area contributed by atoms with E-state index in [1.54, 1.807) is 48.8 Å². The number of piperidine rings is 1. The summed E-state index contributed by atoms with van der Waals surface area (Å²) in [5.41, 5.74) is 4.33. The summed E-state index contributed by atoms with van der Waals surface area (Å²) in [6.45, 7) is 1.52. The van der Waals surface area contributed by atoms with Gasteiger partial charge in [-0.1, -0.05) is 29.8 Å². The van der Waals surface area contributed by atoms with Crippen LogP contribution in [0.15, 0.2) is 73.2 Å². The quantitative estimate of drug-likeness (QED) is 0.578. The standard InChI is InChI=1S/C23H22ClN5O2.ClH/c24-19-6-7-21(26-16-19)29(23(31)18-4-2-1-3-5-18)27-22(30)17-10-14-28(15-11-17)20-8-12-25-13-9-20;/h1-9,12-13,16-17H,10-11,14-15H2,(H,27,30);1H. The first-order chi connectivity index (χ1) is 15.1. The number of anilines is 2. The summed E-state index contributed by atoms with van der Waals surface area (Å²) in [5, 5.41) is 1.65. The molecule has 3 heterocycles. The van der Waals surface area contributed by atoms with Gasteiger partial charge in [0.1, 0.15) is 0 Å². The van der Waals surface area contributed by atoms with Crippen molar-refractivity contribution in [1.29, 1.82) is 0 Å². The summed E-state index contributed by atoms with van der Waals surface area (Å²) < 4.78 is 0. The topological polar surface area (TPSA) is 78.4 Å². The Kier molecular flexibility index (Phi) is 8.03. The largest absolute Gasteiger partial charge is 0.371 e. The maximum atomic E-state index is 13.1. The first-order valence-electron chi connectivity index (χ1n) is 10.1. The molecule has 1 saturated heterocycles. The van der Waals surface area contributed by atoms with Crippen LogP contribution in [0.2, 0.25) is 5.02 Å². The lowest BCUT2D eigenvalue weighted by atomic mass is 9.96. The number of pyridine rings is 2. The highest BCUT2D eigenvalue weighted by Gasteiger charge is 2.29. The lowest BCUT2D eigenvalue weighted by molar-refractivity contribution is -0.125. The van der Waals surface area contributed by atoms with E-state index in [9.17, 15) is 9.59 Å². The van der Waals surface area contributed by atoms with Crippen LogP contribution in [0.1, 0.15) is 23.2 Å². The number of rotatable bonds is 4. The number of carbonyl (C=O) groups excluding carboxylic acids is 2. The number of nitrogens with one attached hydrogen (secondary N) is 1. The fourth-order valence-electron chi connectivity index (χ4n) is 3.58. The lowest BCUT2D eigenvalue weighted by Gasteiger charge is -2.34. The summed E-state index contributed by atoms with van der Waals surface area (Å²) in [6, 6.07) is 15.9. The van der Waals surface area contributed by atoms with Crippen molar-refractivity contribution in [1.82, 2.24) is 15.4 Å². The molecule has 0 radical (unpaired) electrons. The van der Waals surface area contributed by atoms with Gasteiger partial charge in [-0.3, -0.25) is 20.0 Å². The summed E-state index contributed by atoms with van der Waals surface area (Å²) in [4.78, 5) is 36.7. The number of hydrogen-bond acceptors (Lipinski definition) is 5. The van der Waals surface area contributed by atoms with E-state index in [-0.39, 0.29) is 30.1 Å². The number of amides is 2. The van der Waals surface area contributed by atoms with Crippen molar-refractivity contribution in [2.24, 2.45) is 5.92 Å². The van der Waals surface area contributed by atoms with Crippen LogP contribution in [0.4, 0.5) is 11.5 Å². The second-order valence-corrected chi connectivity index (χ2v) is 7.72. The van der Waals surface area contributed by atoms with E-state index >= 15 is 0 Å². The van der Waals surface area contributed by atoms with Crippen LogP contribution in [-0.2, 0) is 4.79 Å². The van der Waals surface area contributed by atoms with E-state index in [4.69, 9.17) is 11.6 Å². The van der Waals surface area contributed by atoms with Gasteiger partial charge >= 0.3 is 0 Å². The molecular formula is C23H23Cl2N5O2. The van der Waals surface area contributed by atoms with Crippen molar-refractivity contribution in [2.45, 2.75) is 12.8 Å². The fraction of sp³-hybridized carbons (Fsp3) is 0.217. The highest BCUT2D eigenvalue weighted by molar-refractivity contribution is 6.30. The Morgan fingerprint density at radius 3 is 2.31 bits per heavy atom. The molecule has 0 spiro atoms. The minimum absolute atomic E-state index is 0. The average molecular weight is 472 g/mol. The molecule has 0 aliphatic carbocycles. The van der Waals surface area contributed by atoms with Crippen LogP contribution < -0.4 is 15.3 Å². The molecular weight excluding hydrogens is 449 g/mol. The molecule has 0 saturated carbocycles. The van der Waals surface area contributed by atoms with Crippen LogP contribution in [0.5, 0.6) is 0 Å². The zero-order valence-corrected chi connectivity index (χ0v) is 18.8. The van der Waals surface area contributed by atoms with Crippen molar-refractivity contribution in [3.05, 3.63) is 83.8 Å². The normalized spacial score (nSPS) is 13.7. The first kappa shape index (κ1) is 23.5. The summed E-state index contributed by atoms with van der Waals surface area (Å²) in [6.07, 6.45) is 6.35. The molecule has 1 aromatic carbocycles. The van der Waals surface area contributed by atoms with Crippen molar-refractivity contribution >= 4 is 47.3 Å². The third-order valence-corrected chi connectivity index (χ3v) is 5.50. The molecule has 1 aliphatic heterocycles. The van der Waals surface area contributed by atoms with Gasteiger partial charge in [-0.15, -0.1) is 12.4 Å². The van der Waals surface area contributed by atoms with E-state index in [0.717, 1.165) is 18.8 Å². The highest BCUT2D eigenvalue weighted by atomic mass is 35.5. The van der Waals surface area contributed by atoms with E-state index in [1.807, 2.05) is 18.2 Å². The molecule has 9 heteroatoms. The smallest absolute Gasteiger partial charge is 0.278 e. The molecule has 32 heavy (non-hydrogen) atoms. The van der Waals surface area contributed by atoms with Crippen LogP contribution in [0, 0.1) is 5.92 Å². The Hall–Kier alpha value is -3.16. The van der Waals surface area contributed by atoms with Crippen LogP contribution in [-0.4, -0.2) is 34.9 Å². The van der Waals surface area contributed by atoms with E-state index in [1.165, 1.54) is 11.2 Å². The minimum Gasteiger partial charge on any atom is -0.371 e. The molecule has 3 aromatic rings. The van der Waals surface area contributed by atoms with Crippen LogP contribution in [0.3, 0.4) is 0 Å². The molecule has 1 fully saturated rings. The molecule has 0 bridgehead atoms. The van der Waals surface area contributed by atoms with Crippen molar-refractivity contribution in [3.8, 4) is 0 Å². The number of halogens is 2. The van der Waals surface area contributed by atoms with Gasteiger partial charge in [-0.25, -0.2) is 4.98 Å². The molecule has 4 rings (SSSR count). The average Bonchev–Trinajstić information content (AvgIpc) is 2.84. The van der Waals surface area contributed by atoms with Crippen molar-refractivity contribution < 1.29 is 9.59 Å². The van der Waals surface area contributed by atoms with Gasteiger partial charge in [0.25, 0.3) is 5.91 Å². The zero-order chi connectivity index (χ0) is 21.6. The van der Waals surface area contributed by atoms with Gasteiger partial charge in [0.2, 0.25) is 5.91 Å². The number of carbonyl (C=O) groups is 2. The summed E-state index contributed by atoms with van der Waals surface area (Å²) >= 11 is 5.94. The van der Waals surface area contributed by atoms with Gasteiger partial charge in [-0.2, -0.15) is 5.01 Å². The number of aromatic nitrogens is 2. The Bertz CT molecular complexity index is 1030. The molecule has 1 aliphatic rings. The molecule has 2 aromatic heterocycles. The molecule has 7 nitrogen and oxygen atoms in total. The van der Waals surface area contributed by atoms with Crippen molar-refractivity contribution in [3.63, 3.8) is 0 Å². The van der Waals surface area contributed by atoms with E-state index in [0.29, 0.717) is 29.2 Å². The third-order valence-electron chi connectivity index (χ3n) is 5.28. The Balaban J connectivity index is 0.00000289. The molecule has 1 N–H and O–H groups in total. The van der Waals surface area contributed by atoms with Crippen LogP contribution in [0.25, 0.3) is 0 Å². The van der Waals surface area contributed by atoms with Gasteiger partial charge < -0.3 is 4.90 Å². The zero-order valence-electron chi connectivity index (χ0n) is 17.2. The second kappa shape index (κ2) is 10.9. The predicted octanol–water partition coefficient (Wildman–Crippen LogP) is 4.15. The van der Waals surface area contributed by atoms with Gasteiger partial charge in [0.05, 0.1) is 5.02 Å². The molecule has 0 unspecified atom stereocenters. The van der Waals surface area contributed by atoms with Crippen LogP contribution >= 0.6 is 24.0 Å². The Morgan fingerprint density at radius 2 is 1.69 bits per heavy atom. The Labute approximate surface area is 197 Å². The second-order valence-electron chi connectivity index (χ2n) is 7.28. The Morgan fingerprint density at radius 1 is 1.00 bits per heavy atom. The molecule has 2 amide bonds. The SMILES string of the molecule is Cl.O=C(NN(C(=O)c1ccccc1)c1ccc(Cl)cn1)C1CCN(c2ccncc2)CC1. The molecule has 0 atom stereocenters. The highest BCUT2D eigenvalue weighted by Crippen LogP contribution is 2.23. The number of benzene rings is 1. The maximum Gasteiger partial charge on any atom is 0.278 e. The van der Waals surface area contributed by atoms with Gasteiger partial charge in [0.15, 0.2) is 5.82 Å². The van der Waals surface area contributed by atoms with Gasteiger partial charge in [0, 0.05) is 48.8 Å².